The summed E-state index contributed by atoms with van der Waals surface area (Å²) in [6.07, 6.45) is -1.95. The molecule has 31 heavy (non-hydrogen) atoms. The fourth-order valence-electron chi connectivity index (χ4n) is 3.21. The first-order valence-electron chi connectivity index (χ1n) is 12.2. The van der Waals surface area contributed by atoms with Crippen LogP contribution in [0.5, 0.6) is 5.75 Å². The first-order valence-corrected chi connectivity index (χ1v) is 9.55. The molecule has 2 aromatic carbocycles. The van der Waals surface area contributed by atoms with Gasteiger partial charge in [-0.25, -0.2) is 9.18 Å². The maximum absolute atomic E-state index is 14.9. The number of nitrogens with zero attached hydrogens (tertiary/aromatic N) is 1. The number of aliphatic hydroxyl groups is 1. The van der Waals surface area contributed by atoms with E-state index in [1.165, 1.54) is 12.1 Å². The van der Waals surface area contributed by atoms with Gasteiger partial charge in [0, 0.05) is 26.8 Å². The first-order chi connectivity index (χ1) is 17.0. The lowest BCUT2D eigenvalue weighted by atomic mass is 9.98. The molecule has 0 spiro atoms. The van der Waals surface area contributed by atoms with Crippen LogP contribution in [-0.2, 0) is 6.37 Å². The normalized spacial score (nSPS) is 17.1. The van der Waals surface area contributed by atoms with Crippen molar-refractivity contribution in [2.45, 2.75) is 26.2 Å². The lowest BCUT2D eigenvalue weighted by Gasteiger charge is -2.25. The third-order valence-electron chi connectivity index (χ3n) is 4.80. The van der Waals surface area contributed by atoms with Crippen LogP contribution in [0, 0.1) is 11.7 Å². The molecule has 0 aliphatic rings. The molecule has 8 heteroatoms. The Balaban J connectivity index is 2.56. The van der Waals surface area contributed by atoms with E-state index in [-0.39, 0.29) is 5.52 Å². The van der Waals surface area contributed by atoms with Crippen LogP contribution in [0.2, 0.25) is 5.02 Å². The van der Waals surface area contributed by atoms with Gasteiger partial charge in [-0.1, -0.05) is 37.6 Å². The van der Waals surface area contributed by atoms with Crippen molar-refractivity contribution in [1.82, 2.24) is 4.57 Å². The number of carboxylic acids is 1. The molecule has 0 aliphatic heterocycles. The van der Waals surface area contributed by atoms with E-state index in [9.17, 15) is 24.2 Å². The van der Waals surface area contributed by atoms with Crippen LogP contribution in [0.15, 0.2) is 41.3 Å². The van der Waals surface area contributed by atoms with E-state index in [0.29, 0.717) is 0 Å². The Hall–Kier alpha value is -2.90. The lowest BCUT2D eigenvalue weighted by Crippen LogP contribution is -2.25. The molecule has 0 saturated carbocycles. The second-order valence-corrected chi connectivity index (χ2v) is 7.45. The van der Waals surface area contributed by atoms with Gasteiger partial charge in [0.1, 0.15) is 17.1 Å². The monoisotopic (exact) mass is 453 g/mol. The van der Waals surface area contributed by atoms with Crippen LogP contribution in [0.3, 0.4) is 0 Å². The third-order valence-corrected chi connectivity index (χ3v) is 5.10. The van der Waals surface area contributed by atoms with Crippen LogP contribution in [0.25, 0.3) is 10.9 Å². The summed E-state index contributed by atoms with van der Waals surface area (Å²) in [4.78, 5) is 25.0. The zero-order valence-electron chi connectivity index (χ0n) is 22.6. The van der Waals surface area contributed by atoms with Crippen molar-refractivity contribution in [3.05, 3.63) is 74.3 Å². The quantitative estimate of drug-likeness (QED) is 0.557. The predicted octanol–water partition coefficient (Wildman–Crippen LogP) is 4.28. The van der Waals surface area contributed by atoms with Crippen molar-refractivity contribution in [3.8, 4) is 5.75 Å². The van der Waals surface area contributed by atoms with Gasteiger partial charge in [0.25, 0.3) is 0 Å². The Morgan fingerprint density at radius 3 is 2.74 bits per heavy atom. The van der Waals surface area contributed by atoms with Crippen LogP contribution in [0.1, 0.15) is 49.6 Å². The first kappa shape index (κ1) is 15.8. The van der Waals surface area contributed by atoms with Crippen molar-refractivity contribution in [2.75, 3.05) is 13.6 Å². The van der Waals surface area contributed by atoms with Crippen molar-refractivity contribution in [1.29, 1.82) is 0 Å². The molecule has 1 atom stereocenters. The van der Waals surface area contributed by atoms with Gasteiger partial charge in [-0.15, -0.1) is 0 Å². The topological polar surface area (TPSA) is 88.8 Å². The molecular formula is C23H23ClFNO5. The molecule has 0 saturated heterocycles. The van der Waals surface area contributed by atoms with E-state index in [0.717, 1.165) is 29.0 Å². The highest BCUT2D eigenvalue weighted by atomic mass is 35.5. The second-order valence-electron chi connectivity index (χ2n) is 7.05. The highest BCUT2D eigenvalue weighted by Crippen LogP contribution is 2.31. The largest absolute Gasteiger partial charge is 0.496 e. The van der Waals surface area contributed by atoms with Crippen molar-refractivity contribution >= 4 is 28.5 Å². The van der Waals surface area contributed by atoms with Crippen molar-refractivity contribution in [3.63, 3.8) is 0 Å². The predicted molar refractivity (Wildman–Crippen MR) is 117 cm³/mol. The molecule has 3 aromatic rings. The Labute approximate surface area is 191 Å². The maximum Gasteiger partial charge on any atom is 0.341 e. The zero-order chi connectivity index (χ0) is 28.1. The Morgan fingerprint density at radius 1 is 1.39 bits per heavy atom. The summed E-state index contributed by atoms with van der Waals surface area (Å²) in [7, 11) is -3.11. The van der Waals surface area contributed by atoms with Crippen LogP contribution in [-0.4, -0.2) is 34.4 Å². The SMILES string of the molecule is [2H]C([2H])([2H])Oc1cc2c(cc1C([2H])([2H])c1cccc(Cl)c1F)c(=O)c(C(=O)O)cn2[C@]([2H])(CO)C(C)C. The fourth-order valence-corrected chi connectivity index (χ4v) is 3.38. The van der Waals surface area contributed by atoms with Gasteiger partial charge >= 0.3 is 5.97 Å². The number of methoxy groups -OCH3 is 1. The van der Waals surface area contributed by atoms with Gasteiger partial charge in [0.2, 0.25) is 5.43 Å². The van der Waals surface area contributed by atoms with Gasteiger partial charge in [-0.2, -0.15) is 0 Å². The van der Waals surface area contributed by atoms with Gasteiger partial charge in [0.05, 0.1) is 35.7 Å². The number of aliphatic hydroxyl groups excluding tert-OH is 1. The minimum Gasteiger partial charge on any atom is -0.496 e. The van der Waals surface area contributed by atoms with Crippen molar-refractivity contribution in [2.24, 2.45) is 5.92 Å². The van der Waals surface area contributed by atoms with E-state index in [2.05, 4.69) is 0 Å². The van der Waals surface area contributed by atoms with E-state index in [4.69, 9.17) is 24.6 Å². The molecule has 3 rings (SSSR count). The molecule has 6 nitrogen and oxygen atoms in total. The number of aromatic nitrogens is 1. The number of hydrogen-bond acceptors (Lipinski definition) is 4. The summed E-state index contributed by atoms with van der Waals surface area (Å²) < 4.78 is 69.7. The van der Waals surface area contributed by atoms with Crippen LogP contribution in [0.4, 0.5) is 4.39 Å². The van der Waals surface area contributed by atoms with Gasteiger partial charge in [0.15, 0.2) is 0 Å². The van der Waals surface area contributed by atoms with E-state index in [1.807, 2.05) is 0 Å². The number of hydrogen-bond donors (Lipinski definition) is 2. The number of ether oxygens (including phenoxy) is 1. The smallest absolute Gasteiger partial charge is 0.341 e. The second kappa shape index (κ2) is 9.08. The summed E-state index contributed by atoms with van der Waals surface area (Å²) in [6.45, 7) is 2.33. The van der Waals surface area contributed by atoms with E-state index >= 15 is 0 Å². The number of halogens is 2. The maximum atomic E-state index is 14.9. The molecule has 0 amide bonds. The number of benzene rings is 2. The Kier molecular flexibility index (Phi) is 4.64. The highest BCUT2D eigenvalue weighted by molar-refractivity contribution is 6.30. The summed E-state index contributed by atoms with van der Waals surface area (Å²) in [5, 5.41) is 18.9. The van der Waals surface area contributed by atoms with E-state index < -0.39 is 82.0 Å². The van der Waals surface area contributed by atoms with Crippen LogP contribution >= 0.6 is 11.6 Å². The fraction of sp³-hybridized carbons (Fsp3) is 0.304. The minimum absolute atomic E-state index is 0.196. The number of carboxylic acid groups (broad SMARTS) is 1. The number of pyridine rings is 1. The molecular weight excluding hydrogens is 425 g/mol. The number of fused-ring (bicyclic) bond motifs is 1. The average molecular weight is 454 g/mol. The molecule has 1 heterocycles. The van der Waals surface area contributed by atoms with Gasteiger partial charge < -0.3 is 19.5 Å². The number of aromatic carboxylic acids is 1. The molecule has 0 fully saturated rings. The molecule has 0 bridgehead atoms. The molecule has 1 aromatic heterocycles. The lowest BCUT2D eigenvalue weighted by molar-refractivity contribution is 0.0694. The third kappa shape index (κ3) is 4.29. The average Bonchev–Trinajstić information content (AvgIpc) is 2.78. The molecule has 2 N–H and O–H groups in total. The van der Waals surface area contributed by atoms with E-state index in [1.54, 1.807) is 13.8 Å². The number of rotatable bonds is 7. The molecule has 0 radical (unpaired) electrons. The standard InChI is InChI=1S/C23H23ClFNO5/c1-12(2)19(11-27)26-10-16(23(29)30)22(28)15-8-14(20(31-3)9-18(15)26)7-13-5-4-6-17(24)21(13)25/h4-6,8-10,12,19,27H,7,11H2,1-3H3,(H,29,30)/t19-/m1/s1/i3D3,7D2,19D. The molecule has 0 aliphatic carbocycles. The van der Waals surface area contributed by atoms with Gasteiger partial charge in [-0.3, -0.25) is 4.79 Å². The Bertz CT molecular complexity index is 1440. The number of carbonyl (C=O) groups is 1. The van der Waals surface area contributed by atoms with Crippen LogP contribution < -0.4 is 10.2 Å². The molecule has 0 unspecified atom stereocenters. The summed E-state index contributed by atoms with van der Waals surface area (Å²) in [6, 6.07) is 3.47. The zero-order valence-corrected chi connectivity index (χ0v) is 17.3. The summed E-state index contributed by atoms with van der Waals surface area (Å²) >= 11 is 5.82. The molecule has 164 valence electrons. The minimum atomic E-state index is -3.11. The van der Waals surface area contributed by atoms with Gasteiger partial charge in [-0.05, 0) is 29.2 Å². The summed E-state index contributed by atoms with van der Waals surface area (Å²) in [5.41, 5.74) is -3.21. The van der Waals surface area contributed by atoms with Crippen molar-refractivity contribution < 1.29 is 32.4 Å². The summed E-state index contributed by atoms with van der Waals surface area (Å²) in [5.74, 6) is -4.02. The highest BCUT2D eigenvalue weighted by Gasteiger charge is 2.23. The Morgan fingerprint density at radius 2 is 2.13 bits per heavy atom.